The van der Waals surface area contributed by atoms with Crippen LogP contribution in [0.5, 0.6) is 0 Å². The van der Waals surface area contributed by atoms with E-state index in [0.29, 0.717) is 10.2 Å². The molecule has 2 rings (SSSR count). The van der Waals surface area contributed by atoms with E-state index in [1.165, 1.54) is 0 Å². The first-order chi connectivity index (χ1) is 8.99. The number of thiazole rings is 1. The molecule has 0 aliphatic carbocycles. The quantitative estimate of drug-likeness (QED) is 0.871. The van der Waals surface area contributed by atoms with Crippen LogP contribution in [0.15, 0.2) is 22.9 Å². The molecule has 0 fully saturated rings. The van der Waals surface area contributed by atoms with E-state index in [2.05, 4.69) is 31.2 Å². The molecule has 2 heterocycles. The Morgan fingerprint density at radius 1 is 1.47 bits per heavy atom. The third kappa shape index (κ3) is 3.19. The molecule has 100 valence electrons. The summed E-state index contributed by atoms with van der Waals surface area (Å²) >= 11 is 4.89. The highest BCUT2D eigenvalue weighted by atomic mass is 79.9. The molecule has 0 aliphatic heterocycles. The summed E-state index contributed by atoms with van der Waals surface area (Å²) < 4.78 is 0.553. The van der Waals surface area contributed by atoms with Crippen molar-refractivity contribution >= 4 is 33.2 Å². The van der Waals surface area contributed by atoms with Crippen LogP contribution in [0.25, 0.3) is 0 Å². The first-order valence-corrected chi connectivity index (χ1v) is 7.45. The van der Waals surface area contributed by atoms with E-state index in [0.717, 1.165) is 15.6 Å². The molecule has 1 N–H and O–H groups in total. The van der Waals surface area contributed by atoms with Crippen LogP contribution >= 0.6 is 27.3 Å². The first kappa shape index (κ1) is 14.1. The van der Waals surface area contributed by atoms with Gasteiger partial charge in [0, 0.05) is 11.1 Å². The summed E-state index contributed by atoms with van der Waals surface area (Å²) in [6, 6.07) is 3.42. The normalized spacial score (nSPS) is 12.2. The molecule has 0 saturated heterocycles. The van der Waals surface area contributed by atoms with E-state index in [9.17, 15) is 4.79 Å². The number of rotatable bonds is 3. The zero-order chi connectivity index (χ0) is 14.0. The Morgan fingerprint density at radius 2 is 2.21 bits per heavy atom. The molecule has 0 saturated carbocycles. The predicted octanol–water partition coefficient (Wildman–Crippen LogP) is 3.41. The van der Waals surface area contributed by atoms with Gasteiger partial charge in [-0.15, -0.1) is 11.3 Å². The lowest BCUT2D eigenvalue weighted by atomic mass is 10.2. The minimum Gasteiger partial charge on any atom is -0.345 e. The number of nitrogens with zero attached hydrogens (tertiary/aromatic N) is 2. The largest absolute Gasteiger partial charge is 0.345 e. The van der Waals surface area contributed by atoms with Crippen LogP contribution in [-0.2, 0) is 0 Å². The smallest absolute Gasteiger partial charge is 0.254 e. The van der Waals surface area contributed by atoms with Crippen molar-refractivity contribution in [3.8, 4) is 0 Å². The Labute approximate surface area is 124 Å². The van der Waals surface area contributed by atoms with Crippen molar-refractivity contribution in [1.29, 1.82) is 0 Å². The Balaban J connectivity index is 2.15. The van der Waals surface area contributed by atoms with Crippen LogP contribution in [0.1, 0.15) is 38.9 Å². The van der Waals surface area contributed by atoms with E-state index >= 15 is 0 Å². The molecule has 2 aromatic heterocycles. The minimum absolute atomic E-state index is 0.0641. The van der Waals surface area contributed by atoms with Crippen molar-refractivity contribution < 1.29 is 4.79 Å². The molecular weight excluding hydrogens is 326 g/mol. The third-order valence-corrected chi connectivity index (χ3v) is 4.57. The molecule has 4 nitrogen and oxygen atoms in total. The van der Waals surface area contributed by atoms with Crippen molar-refractivity contribution in [3.63, 3.8) is 0 Å². The molecule has 0 spiro atoms. The SMILES string of the molecule is Cc1nc(C)c(C(C)NC(=O)c2cccnc2Br)s1. The standard InChI is InChI=1S/C13H14BrN3OS/c1-7-11(19-9(3)16-7)8(2)17-13(18)10-5-4-6-15-12(10)14/h4-6,8H,1-3H3,(H,17,18). The maximum atomic E-state index is 12.2. The van der Waals surface area contributed by atoms with Gasteiger partial charge in [0.15, 0.2) is 0 Å². The van der Waals surface area contributed by atoms with Gasteiger partial charge < -0.3 is 5.32 Å². The lowest BCUT2D eigenvalue weighted by molar-refractivity contribution is 0.0939. The van der Waals surface area contributed by atoms with Gasteiger partial charge in [0.05, 0.1) is 22.3 Å². The van der Waals surface area contributed by atoms with E-state index < -0.39 is 0 Å². The number of aryl methyl sites for hydroxylation is 2. The Morgan fingerprint density at radius 3 is 2.79 bits per heavy atom. The molecule has 1 unspecified atom stereocenters. The minimum atomic E-state index is -0.141. The second kappa shape index (κ2) is 5.79. The van der Waals surface area contributed by atoms with Crippen LogP contribution in [0.4, 0.5) is 0 Å². The molecule has 0 bridgehead atoms. The number of amides is 1. The van der Waals surface area contributed by atoms with Crippen molar-refractivity contribution in [2.75, 3.05) is 0 Å². The fraction of sp³-hybridized carbons (Fsp3) is 0.308. The molecule has 19 heavy (non-hydrogen) atoms. The number of nitrogens with one attached hydrogen (secondary N) is 1. The molecule has 0 radical (unpaired) electrons. The lowest BCUT2D eigenvalue weighted by Gasteiger charge is -2.13. The second-order valence-corrected chi connectivity index (χ2v) is 6.21. The van der Waals surface area contributed by atoms with Gasteiger partial charge in [0.2, 0.25) is 0 Å². The molecule has 0 aliphatic rings. The van der Waals surface area contributed by atoms with Gasteiger partial charge >= 0.3 is 0 Å². The summed E-state index contributed by atoms with van der Waals surface area (Å²) in [6.45, 7) is 5.89. The van der Waals surface area contributed by atoms with Gasteiger partial charge in [0.25, 0.3) is 5.91 Å². The highest BCUT2D eigenvalue weighted by molar-refractivity contribution is 9.10. The fourth-order valence-corrected chi connectivity index (χ4v) is 3.20. The summed E-state index contributed by atoms with van der Waals surface area (Å²) in [5.41, 5.74) is 1.51. The van der Waals surface area contributed by atoms with E-state index in [4.69, 9.17) is 0 Å². The molecule has 1 atom stereocenters. The van der Waals surface area contributed by atoms with E-state index in [1.54, 1.807) is 29.7 Å². The maximum absolute atomic E-state index is 12.2. The Kier molecular flexibility index (Phi) is 4.31. The average molecular weight is 340 g/mol. The molecule has 1 amide bonds. The summed E-state index contributed by atoms with van der Waals surface area (Å²) in [4.78, 5) is 21.7. The Hall–Kier alpha value is -1.27. The monoisotopic (exact) mass is 339 g/mol. The van der Waals surface area contributed by atoms with Crippen LogP contribution in [0, 0.1) is 13.8 Å². The number of halogens is 1. The number of carbonyl (C=O) groups is 1. The fourth-order valence-electron chi connectivity index (χ4n) is 1.84. The molecular formula is C13H14BrN3OS. The lowest BCUT2D eigenvalue weighted by Crippen LogP contribution is -2.27. The zero-order valence-electron chi connectivity index (χ0n) is 10.9. The average Bonchev–Trinajstić information content (AvgIpc) is 2.69. The van der Waals surface area contributed by atoms with E-state index in [1.807, 2.05) is 20.8 Å². The first-order valence-electron chi connectivity index (χ1n) is 5.84. The second-order valence-electron chi connectivity index (χ2n) is 4.22. The molecule has 2 aromatic rings. The summed E-state index contributed by atoms with van der Waals surface area (Å²) in [5.74, 6) is -0.141. The van der Waals surface area contributed by atoms with Gasteiger partial charge in [0.1, 0.15) is 4.60 Å². The van der Waals surface area contributed by atoms with Gasteiger partial charge in [-0.25, -0.2) is 9.97 Å². The highest BCUT2D eigenvalue weighted by Gasteiger charge is 2.17. The number of aromatic nitrogens is 2. The van der Waals surface area contributed by atoms with Gasteiger partial charge in [-0.1, -0.05) is 0 Å². The Bertz CT molecular complexity index is 612. The van der Waals surface area contributed by atoms with Crippen LogP contribution < -0.4 is 5.32 Å². The van der Waals surface area contributed by atoms with Crippen LogP contribution in [0.2, 0.25) is 0 Å². The topological polar surface area (TPSA) is 54.9 Å². The van der Waals surface area contributed by atoms with Crippen molar-refractivity contribution in [2.45, 2.75) is 26.8 Å². The third-order valence-electron chi connectivity index (χ3n) is 2.68. The van der Waals surface area contributed by atoms with Crippen molar-refractivity contribution in [3.05, 3.63) is 44.1 Å². The van der Waals surface area contributed by atoms with Crippen LogP contribution in [0.3, 0.4) is 0 Å². The summed E-state index contributed by atoms with van der Waals surface area (Å²) in [6.07, 6.45) is 1.64. The van der Waals surface area contributed by atoms with Gasteiger partial charge in [-0.2, -0.15) is 0 Å². The van der Waals surface area contributed by atoms with Crippen LogP contribution in [-0.4, -0.2) is 15.9 Å². The summed E-state index contributed by atoms with van der Waals surface area (Å²) in [7, 11) is 0. The number of pyridine rings is 1. The van der Waals surface area contributed by atoms with Crippen molar-refractivity contribution in [2.24, 2.45) is 0 Å². The zero-order valence-corrected chi connectivity index (χ0v) is 13.3. The highest BCUT2D eigenvalue weighted by Crippen LogP contribution is 2.25. The number of carbonyl (C=O) groups excluding carboxylic acids is 1. The van der Waals surface area contributed by atoms with Gasteiger partial charge in [-0.3, -0.25) is 4.79 Å². The molecule has 6 heteroatoms. The molecule has 0 aromatic carbocycles. The maximum Gasteiger partial charge on any atom is 0.254 e. The van der Waals surface area contributed by atoms with E-state index in [-0.39, 0.29) is 11.9 Å². The summed E-state index contributed by atoms with van der Waals surface area (Å²) in [5, 5.41) is 3.98. The van der Waals surface area contributed by atoms with Gasteiger partial charge in [-0.05, 0) is 48.8 Å². The van der Waals surface area contributed by atoms with Crippen molar-refractivity contribution in [1.82, 2.24) is 15.3 Å². The predicted molar refractivity (Wildman–Crippen MR) is 79.4 cm³/mol. The number of hydrogen-bond acceptors (Lipinski definition) is 4. The number of hydrogen-bond donors (Lipinski definition) is 1.